The number of imide groups is 1. The van der Waals surface area contributed by atoms with Crippen LogP contribution in [0.3, 0.4) is 0 Å². The summed E-state index contributed by atoms with van der Waals surface area (Å²) in [4.78, 5) is 38.9. The lowest BCUT2D eigenvalue weighted by atomic mass is 10.1. The maximum atomic E-state index is 12.6. The van der Waals surface area contributed by atoms with E-state index in [9.17, 15) is 23.2 Å². The molecule has 0 spiro atoms. The van der Waals surface area contributed by atoms with E-state index in [4.69, 9.17) is 11.6 Å². The van der Waals surface area contributed by atoms with Crippen molar-refractivity contribution in [3.8, 4) is 5.75 Å². The lowest BCUT2D eigenvalue weighted by Gasteiger charge is -2.15. The number of fused-ring (bicyclic) bond motifs is 1. The van der Waals surface area contributed by atoms with Gasteiger partial charge in [-0.3, -0.25) is 19.3 Å². The first-order valence-electron chi connectivity index (χ1n) is 9.43. The Labute approximate surface area is 186 Å². The topological polar surface area (TPSA) is 75.7 Å². The first kappa shape index (κ1) is 21.5. The van der Waals surface area contributed by atoms with E-state index in [1.807, 2.05) is 0 Å². The van der Waals surface area contributed by atoms with Crippen molar-refractivity contribution in [1.29, 1.82) is 0 Å². The van der Waals surface area contributed by atoms with E-state index in [-0.39, 0.29) is 40.4 Å². The Bertz CT molecular complexity index is 1200. The molecule has 1 aliphatic heterocycles. The van der Waals surface area contributed by atoms with Crippen LogP contribution in [-0.2, 0) is 6.54 Å². The van der Waals surface area contributed by atoms with Crippen LogP contribution in [0.15, 0.2) is 66.7 Å². The monoisotopic (exact) mass is 456 g/mol. The number of halogens is 3. The zero-order valence-corrected chi connectivity index (χ0v) is 17.1. The predicted molar refractivity (Wildman–Crippen MR) is 113 cm³/mol. The van der Waals surface area contributed by atoms with Gasteiger partial charge in [0.15, 0.2) is 0 Å². The molecule has 1 N–H and O–H groups in total. The van der Waals surface area contributed by atoms with E-state index in [2.05, 4.69) is 10.1 Å². The fraction of sp³-hybridized carbons (Fsp3) is 0.0870. The number of benzene rings is 3. The minimum atomic E-state index is -3.02. The second-order valence-corrected chi connectivity index (χ2v) is 7.33. The fourth-order valence-electron chi connectivity index (χ4n) is 3.35. The molecule has 1 aliphatic rings. The SMILES string of the molecule is O=C(Nc1ccc(OC(F)F)c(Cl)c1)c1cccc(CN2C(=O)c3ccccc3C2=O)c1. The number of hydrogen-bond donors (Lipinski definition) is 1. The van der Waals surface area contributed by atoms with Crippen LogP contribution in [0.25, 0.3) is 0 Å². The van der Waals surface area contributed by atoms with Gasteiger partial charge in [0, 0.05) is 11.3 Å². The molecule has 3 aromatic carbocycles. The van der Waals surface area contributed by atoms with Crippen molar-refractivity contribution < 1.29 is 27.9 Å². The lowest BCUT2D eigenvalue weighted by molar-refractivity contribution is -0.0497. The minimum Gasteiger partial charge on any atom is -0.433 e. The minimum absolute atomic E-state index is 0.0129. The van der Waals surface area contributed by atoms with Gasteiger partial charge in [-0.2, -0.15) is 8.78 Å². The highest BCUT2D eigenvalue weighted by Gasteiger charge is 2.35. The van der Waals surface area contributed by atoms with Crippen molar-refractivity contribution in [1.82, 2.24) is 4.90 Å². The van der Waals surface area contributed by atoms with Crippen LogP contribution in [0, 0.1) is 0 Å². The van der Waals surface area contributed by atoms with Gasteiger partial charge in [-0.05, 0) is 48.0 Å². The Hall–Kier alpha value is -3.78. The summed E-state index contributed by atoms with van der Waals surface area (Å²) in [6, 6.07) is 16.9. The molecule has 0 fully saturated rings. The van der Waals surface area contributed by atoms with E-state index in [1.165, 1.54) is 18.2 Å². The molecule has 3 amide bonds. The molecule has 0 saturated heterocycles. The van der Waals surface area contributed by atoms with E-state index in [0.717, 1.165) is 4.90 Å². The molecule has 32 heavy (non-hydrogen) atoms. The Balaban J connectivity index is 1.48. The summed E-state index contributed by atoms with van der Waals surface area (Å²) in [5.74, 6) is -1.46. The van der Waals surface area contributed by atoms with Gasteiger partial charge in [0.2, 0.25) is 0 Å². The smallest absolute Gasteiger partial charge is 0.387 e. The summed E-state index contributed by atoms with van der Waals surface area (Å²) in [7, 11) is 0. The summed E-state index contributed by atoms with van der Waals surface area (Å²) in [5.41, 5.74) is 1.85. The number of ether oxygens (including phenoxy) is 1. The highest BCUT2D eigenvalue weighted by Crippen LogP contribution is 2.29. The van der Waals surface area contributed by atoms with Gasteiger partial charge in [0.05, 0.1) is 22.7 Å². The van der Waals surface area contributed by atoms with Crippen LogP contribution in [0.2, 0.25) is 5.02 Å². The summed E-state index contributed by atoms with van der Waals surface area (Å²) >= 11 is 5.91. The van der Waals surface area contributed by atoms with Crippen LogP contribution in [0.4, 0.5) is 14.5 Å². The van der Waals surface area contributed by atoms with Gasteiger partial charge in [-0.15, -0.1) is 0 Å². The molecular formula is C23H15ClF2N2O4. The number of rotatable bonds is 6. The molecule has 0 aliphatic carbocycles. The molecule has 3 aromatic rings. The summed E-state index contributed by atoms with van der Waals surface area (Å²) in [6.07, 6.45) is 0. The van der Waals surface area contributed by atoms with E-state index in [0.29, 0.717) is 16.7 Å². The molecule has 0 saturated carbocycles. The number of anilines is 1. The number of hydrogen-bond acceptors (Lipinski definition) is 4. The van der Waals surface area contributed by atoms with Crippen molar-refractivity contribution in [2.75, 3.05) is 5.32 Å². The number of carbonyl (C=O) groups excluding carboxylic acids is 3. The molecular weight excluding hydrogens is 442 g/mol. The molecule has 6 nitrogen and oxygen atoms in total. The quantitative estimate of drug-likeness (QED) is 0.530. The highest BCUT2D eigenvalue weighted by molar-refractivity contribution is 6.32. The van der Waals surface area contributed by atoms with Gasteiger partial charge in [0.25, 0.3) is 17.7 Å². The number of amides is 3. The van der Waals surface area contributed by atoms with Gasteiger partial charge < -0.3 is 10.1 Å². The molecule has 162 valence electrons. The van der Waals surface area contributed by atoms with Crippen molar-refractivity contribution in [2.45, 2.75) is 13.2 Å². The molecule has 1 heterocycles. The third-order valence-electron chi connectivity index (χ3n) is 4.81. The number of carbonyl (C=O) groups is 3. The summed E-state index contributed by atoms with van der Waals surface area (Å²) < 4.78 is 29.0. The Morgan fingerprint density at radius 3 is 2.28 bits per heavy atom. The van der Waals surface area contributed by atoms with Gasteiger partial charge in [-0.25, -0.2) is 0 Å². The van der Waals surface area contributed by atoms with E-state index >= 15 is 0 Å². The van der Waals surface area contributed by atoms with Crippen molar-refractivity contribution in [3.05, 3.63) is 94.0 Å². The Morgan fingerprint density at radius 1 is 0.969 bits per heavy atom. The zero-order chi connectivity index (χ0) is 22.8. The average Bonchev–Trinajstić information content (AvgIpc) is 3.01. The molecule has 9 heteroatoms. The molecule has 0 aromatic heterocycles. The molecule has 0 unspecified atom stereocenters. The van der Waals surface area contributed by atoms with Gasteiger partial charge >= 0.3 is 6.61 Å². The van der Waals surface area contributed by atoms with Crippen LogP contribution in [0.1, 0.15) is 36.6 Å². The second kappa shape index (κ2) is 8.76. The van der Waals surface area contributed by atoms with Gasteiger partial charge in [-0.1, -0.05) is 35.9 Å². The number of alkyl halides is 2. The number of nitrogens with one attached hydrogen (secondary N) is 1. The molecule has 4 rings (SSSR count). The van der Waals surface area contributed by atoms with Crippen LogP contribution in [0.5, 0.6) is 5.75 Å². The summed E-state index contributed by atoms with van der Waals surface area (Å²) in [6.45, 7) is -3.00. The number of nitrogens with zero attached hydrogens (tertiary/aromatic N) is 1. The third-order valence-corrected chi connectivity index (χ3v) is 5.11. The second-order valence-electron chi connectivity index (χ2n) is 6.92. The van der Waals surface area contributed by atoms with Gasteiger partial charge in [0.1, 0.15) is 5.75 Å². The first-order valence-corrected chi connectivity index (χ1v) is 9.81. The average molecular weight is 457 g/mol. The third kappa shape index (κ3) is 4.31. The van der Waals surface area contributed by atoms with Crippen molar-refractivity contribution in [2.24, 2.45) is 0 Å². The van der Waals surface area contributed by atoms with Crippen molar-refractivity contribution in [3.63, 3.8) is 0 Å². The van der Waals surface area contributed by atoms with Crippen molar-refractivity contribution >= 4 is 35.0 Å². The highest BCUT2D eigenvalue weighted by atomic mass is 35.5. The summed E-state index contributed by atoms with van der Waals surface area (Å²) in [5, 5.41) is 2.54. The standard InChI is InChI=1S/C23H15ClF2N2O4/c24-18-11-15(8-9-19(18)32-23(25)26)27-20(29)14-5-3-4-13(10-14)12-28-21(30)16-6-1-2-7-17(16)22(28)31/h1-11,23H,12H2,(H,27,29). The maximum Gasteiger partial charge on any atom is 0.387 e. The molecule has 0 atom stereocenters. The normalized spacial score (nSPS) is 12.8. The Morgan fingerprint density at radius 2 is 1.66 bits per heavy atom. The van der Waals surface area contributed by atoms with E-state index in [1.54, 1.807) is 48.5 Å². The van der Waals surface area contributed by atoms with Crippen LogP contribution >= 0.6 is 11.6 Å². The zero-order valence-electron chi connectivity index (χ0n) is 16.3. The predicted octanol–water partition coefficient (Wildman–Crippen LogP) is 4.99. The van der Waals surface area contributed by atoms with Crippen LogP contribution < -0.4 is 10.1 Å². The molecule has 0 bridgehead atoms. The maximum absolute atomic E-state index is 12.6. The largest absolute Gasteiger partial charge is 0.433 e. The lowest BCUT2D eigenvalue weighted by Crippen LogP contribution is -2.29. The fourth-order valence-corrected chi connectivity index (χ4v) is 3.57. The van der Waals surface area contributed by atoms with E-state index < -0.39 is 12.5 Å². The first-order chi connectivity index (χ1) is 15.3. The molecule has 0 radical (unpaired) electrons. The Kier molecular flexibility index (Phi) is 5.87. The van der Waals surface area contributed by atoms with Crippen LogP contribution in [-0.4, -0.2) is 29.2 Å².